The summed E-state index contributed by atoms with van der Waals surface area (Å²) >= 11 is 6.24. The summed E-state index contributed by atoms with van der Waals surface area (Å²) in [5.41, 5.74) is 2.60. The summed E-state index contributed by atoms with van der Waals surface area (Å²) < 4.78 is 28.1. The highest BCUT2D eigenvalue weighted by Gasteiger charge is 2.31. The number of hydrogen-bond acceptors (Lipinski definition) is 4. The van der Waals surface area contributed by atoms with Gasteiger partial charge in [0.1, 0.15) is 0 Å². The number of nitrogens with zero attached hydrogens (tertiary/aromatic N) is 3. The number of aryl methyl sites for hydroxylation is 2. The van der Waals surface area contributed by atoms with Gasteiger partial charge in [0.2, 0.25) is 5.91 Å². The molecule has 0 atom stereocenters. The first-order valence-corrected chi connectivity index (χ1v) is 11.0. The first kappa shape index (κ1) is 22.1. The summed E-state index contributed by atoms with van der Waals surface area (Å²) in [7, 11) is -3.42. The molecule has 1 heterocycles. The molecule has 2 rings (SSSR count). The summed E-state index contributed by atoms with van der Waals surface area (Å²) in [6.45, 7) is 10.5. The quantitative estimate of drug-likeness (QED) is 0.738. The van der Waals surface area contributed by atoms with Crippen LogP contribution in [-0.4, -0.2) is 73.6 Å². The molecule has 1 aliphatic rings. The zero-order valence-corrected chi connectivity index (χ0v) is 18.0. The molecular weight excluding hydrogens is 388 g/mol. The normalized spacial score (nSPS) is 16.7. The van der Waals surface area contributed by atoms with E-state index in [2.05, 4.69) is 5.32 Å². The number of hydrogen-bond donors (Lipinski definition) is 1. The summed E-state index contributed by atoms with van der Waals surface area (Å²) in [6, 6.07) is 3.79. The Balaban J connectivity index is 1.91. The molecule has 1 aromatic rings. The van der Waals surface area contributed by atoms with Crippen LogP contribution in [-0.2, 0) is 15.0 Å². The minimum Gasteiger partial charge on any atom is -0.323 e. The first-order chi connectivity index (χ1) is 12.7. The minimum atomic E-state index is -3.42. The monoisotopic (exact) mass is 416 g/mol. The largest absolute Gasteiger partial charge is 0.323 e. The van der Waals surface area contributed by atoms with Crippen molar-refractivity contribution in [2.45, 2.75) is 27.7 Å². The molecule has 0 spiro atoms. The number of carbonyl (C=O) groups is 1. The van der Waals surface area contributed by atoms with E-state index in [0.717, 1.165) is 11.1 Å². The molecule has 1 amide bonds. The molecule has 27 heavy (non-hydrogen) atoms. The van der Waals surface area contributed by atoms with E-state index in [1.54, 1.807) is 0 Å². The van der Waals surface area contributed by atoms with Crippen molar-refractivity contribution in [1.29, 1.82) is 0 Å². The number of halogens is 1. The van der Waals surface area contributed by atoms with Crippen molar-refractivity contribution in [3.05, 3.63) is 28.3 Å². The number of carbonyl (C=O) groups excluding carboxylic acids is 1. The van der Waals surface area contributed by atoms with Crippen molar-refractivity contribution in [3.63, 3.8) is 0 Å². The molecule has 9 heteroatoms. The number of amides is 1. The molecule has 0 radical (unpaired) electrons. The van der Waals surface area contributed by atoms with Crippen molar-refractivity contribution in [1.82, 2.24) is 13.5 Å². The van der Waals surface area contributed by atoms with Gasteiger partial charge in [-0.3, -0.25) is 9.69 Å². The lowest BCUT2D eigenvalue weighted by atomic mass is 10.1. The van der Waals surface area contributed by atoms with Gasteiger partial charge in [-0.05, 0) is 31.0 Å². The SMILES string of the molecule is CCN(CC)S(=O)(=O)N1CCN(CC(=O)Nc2c(C)cc(C)cc2Cl)CC1. The Labute approximate surface area is 167 Å². The maximum Gasteiger partial charge on any atom is 0.282 e. The van der Waals surface area contributed by atoms with Crippen LogP contribution in [0.25, 0.3) is 0 Å². The molecule has 0 saturated carbocycles. The van der Waals surface area contributed by atoms with E-state index >= 15 is 0 Å². The molecule has 1 saturated heterocycles. The molecule has 1 fully saturated rings. The standard InChI is InChI=1S/C18H29ClN4O3S/c1-5-22(6-2)27(25,26)23-9-7-21(8-10-23)13-17(24)20-18-15(4)11-14(3)12-16(18)19/h11-12H,5-10,13H2,1-4H3,(H,20,24). The van der Waals surface area contributed by atoms with Crippen LogP contribution in [0.2, 0.25) is 5.02 Å². The second kappa shape index (κ2) is 9.34. The highest BCUT2D eigenvalue weighted by molar-refractivity contribution is 7.86. The minimum absolute atomic E-state index is 0.149. The van der Waals surface area contributed by atoms with Crippen LogP contribution in [0.4, 0.5) is 5.69 Å². The zero-order valence-electron chi connectivity index (χ0n) is 16.5. The summed E-state index contributed by atoms with van der Waals surface area (Å²) in [4.78, 5) is 14.4. The van der Waals surface area contributed by atoms with Crippen LogP contribution in [0.3, 0.4) is 0 Å². The van der Waals surface area contributed by atoms with Gasteiger partial charge < -0.3 is 5.32 Å². The van der Waals surface area contributed by atoms with Crippen LogP contribution >= 0.6 is 11.6 Å². The van der Waals surface area contributed by atoms with E-state index in [4.69, 9.17) is 11.6 Å². The Morgan fingerprint density at radius 1 is 1.15 bits per heavy atom. The maximum absolute atomic E-state index is 12.6. The summed E-state index contributed by atoms with van der Waals surface area (Å²) in [6.07, 6.45) is 0. The number of benzene rings is 1. The van der Waals surface area contributed by atoms with Crippen molar-refractivity contribution < 1.29 is 13.2 Å². The number of piperazine rings is 1. The molecule has 0 unspecified atom stereocenters. The third-order valence-corrected chi connectivity index (χ3v) is 7.24. The van der Waals surface area contributed by atoms with E-state index in [1.165, 1.54) is 8.61 Å². The zero-order chi connectivity index (χ0) is 20.2. The van der Waals surface area contributed by atoms with Gasteiger partial charge in [0.05, 0.1) is 17.3 Å². The fourth-order valence-electron chi connectivity index (χ4n) is 3.29. The van der Waals surface area contributed by atoms with Crippen molar-refractivity contribution >= 4 is 33.4 Å². The Hall–Kier alpha value is -1.19. The van der Waals surface area contributed by atoms with Gasteiger partial charge in [0.15, 0.2) is 0 Å². The first-order valence-electron chi connectivity index (χ1n) is 9.23. The van der Waals surface area contributed by atoms with Crippen LogP contribution < -0.4 is 5.32 Å². The predicted molar refractivity (Wildman–Crippen MR) is 109 cm³/mol. The Morgan fingerprint density at radius 3 is 2.26 bits per heavy atom. The predicted octanol–water partition coefficient (Wildman–Crippen LogP) is 2.10. The molecule has 1 aliphatic heterocycles. The fourth-order valence-corrected chi connectivity index (χ4v) is 5.26. The van der Waals surface area contributed by atoms with E-state index in [0.29, 0.717) is 50.0 Å². The van der Waals surface area contributed by atoms with Gasteiger partial charge in [-0.15, -0.1) is 0 Å². The van der Waals surface area contributed by atoms with Crippen molar-refractivity contribution in [2.75, 3.05) is 51.1 Å². The Morgan fingerprint density at radius 2 is 1.74 bits per heavy atom. The fraction of sp³-hybridized carbons (Fsp3) is 0.611. The van der Waals surface area contributed by atoms with Gasteiger partial charge in [-0.1, -0.05) is 31.5 Å². The molecule has 1 aromatic carbocycles. The van der Waals surface area contributed by atoms with E-state index in [1.807, 2.05) is 44.7 Å². The summed E-state index contributed by atoms with van der Waals surface area (Å²) in [5.74, 6) is -0.149. The Kier molecular flexibility index (Phi) is 7.64. The van der Waals surface area contributed by atoms with Crippen LogP contribution in [0.15, 0.2) is 12.1 Å². The number of nitrogens with one attached hydrogen (secondary N) is 1. The second-order valence-electron chi connectivity index (χ2n) is 6.75. The van der Waals surface area contributed by atoms with Gasteiger partial charge in [-0.2, -0.15) is 17.0 Å². The van der Waals surface area contributed by atoms with Crippen LogP contribution in [0.5, 0.6) is 0 Å². The smallest absolute Gasteiger partial charge is 0.282 e. The van der Waals surface area contributed by atoms with Crippen molar-refractivity contribution in [3.8, 4) is 0 Å². The van der Waals surface area contributed by atoms with Gasteiger partial charge in [-0.25, -0.2) is 0 Å². The lowest BCUT2D eigenvalue weighted by molar-refractivity contribution is -0.117. The van der Waals surface area contributed by atoms with Crippen molar-refractivity contribution in [2.24, 2.45) is 0 Å². The topological polar surface area (TPSA) is 73.0 Å². The third-order valence-electron chi connectivity index (χ3n) is 4.75. The number of anilines is 1. The van der Waals surface area contributed by atoms with E-state index in [9.17, 15) is 13.2 Å². The number of rotatable bonds is 7. The van der Waals surface area contributed by atoms with Gasteiger partial charge in [0, 0.05) is 39.3 Å². The molecule has 152 valence electrons. The average molecular weight is 417 g/mol. The maximum atomic E-state index is 12.6. The molecule has 7 nitrogen and oxygen atoms in total. The van der Waals surface area contributed by atoms with Crippen LogP contribution in [0, 0.1) is 13.8 Å². The summed E-state index contributed by atoms with van der Waals surface area (Å²) in [5, 5.41) is 3.40. The Bertz CT molecular complexity index is 750. The lowest BCUT2D eigenvalue weighted by Gasteiger charge is -2.36. The lowest BCUT2D eigenvalue weighted by Crippen LogP contribution is -2.54. The molecule has 0 aromatic heterocycles. The van der Waals surface area contributed by atoms with E-state index in [-0.39, 0.29) is 12.5 Å². The molecular formula is C18H29ClN4O3S. The van der Waals surface area contributed by atoms with Crippen LogP contribution in [0.1, 0.15) is 25.0 Å². The third kappa shape index (κ3) is 5.42. The van der Waals surface area contributed by atoms with Gasteiger partial charge >= 0.3 is 0 Å². The van der Waals surface area contributed by atoms with E-state index < -0.39 is 10.2 Å². The highest BCUT2D eigenvalue weighted by atomic mass is 35.5. The highest BCUT2D eigenvalue weighted by Crippen LogP contribution is 2.27. The molecule has 0 bridgehead atoms. The average Bonchev–Trinajstić information content (AvgIpc) is 2.59. The molecule has 1 N–H and O–H groups in total. The molecule has 0 aliphatic carbocycles. The second-order valence-corrected chi connectivity index (χ2v) is 9.09. The van der Waals surface area contributed by atoms with Gasteiger partial charge in [0.25, 0.3) is 10.2 Å².